The summed E-state index contributed by atoms with van der Waals surface area (Å²) < 4.78 is 6.35. The molecule has 2 heterocycles. The van der Waals surface area contributed by atoms with Crippen molar-refractivity contribution in [3.05, 3.63) is 58.9 Å². The molecule has 0 amide bonds. The minimum atomic E-state index is -1.04. The molecule has 1 aliphatic rings. The van der Waals surface area contributed by atoms with Crippen LogP contribution in [-0.4, -0.2) is 28.2 Å². The normalized spacial score (nSPS) is 15.6. The molecule has 1 fully saturated rings. The molecule has 0 atom stereocenters. The van der Waals surface area contributed by atoms with E-state index in [9.17, 15) is 9.90 Å². The highest BCUT2D eigenvalue weighted by atomic mass is 35.5. The van der Waals surface area contributed by atoms with Gasteiger partial charge in [0.15, 0.2) is 0 Å². The van der Waals surface area contributed by atoms with Crippen LogP contribution in [0.15, 0.2) is 42.5 Å². The van der Waals surface area contributed by atoms with E-state index in [0.717, 1.165) is 45.1 Å². The summed E-state index contributed by atoms with van der Waals surface area (Å²) in [6.45, 7) is 0.486. The summed E-state index contributed by atoms with van der Waals surface area (Å²) in [5.74, 6) is 0.849. The van der Waals surface area contributed by atoms with Gasteiger partial charge in [-0.25, -0.2) is 9.97 Å². The van der Waals surface area contributed by atoms with Gasteiger partial charge in [0.25, 0.3) is 0 Å². The molecule has 0 radical (unpaired) electrons. The lowest BCUT2D eigenvalue weighted by molar-refractivity contribution is -0.145. The molecule has 170 valence electrons. The Bertz CT molecular complexity index is 1350. The quantitative estimate of drug-likeness (QED) is 0.331. The monoisotopic (exact) mass is 481 g/mol. The molecule has 2 aromatic heterocycles. The highest BCUT2D eigenvalue weighted by molar-refractivity contribution is 7.25. The first-order valence-electron chi connectivity index (χ1n) is 11.0. The van der Waals surface area contributed by atoms with Crippen molar-refractivity contribution in [2.24, 2.45) is 0 Å². The van der Waals surface area contributed by atoms with Crippen molar-refractivity contribution < 1.29 is 14.6 Å². The van der Waals surface area contributed by atoms with Crippen LogP contribution in [0.4, 0.5) is 5.82 Å². The second-order valence-electron chi connectivity index (χ2n) is 8.44. The fourth-order valence-corrected chi connectivity index (χ4v) is 6.02. The highest BCUT2D eigenvalue weighted by Crippen LogP contribution is 2.42. The fraction of sp³-hybridized carbons (Fsp3) is 0.320. The maximum absolute atomic E-state index is 12.4. The molecule has 0 unspecified atom stereocenters. The molecule has 1 saturated carbocycles. The number of aromatic nitrogens is 2. The smallest absolute Gasteiger partial charge is 0.317 e. The first-order chi connectivity index (χ1) is 16.0. The van der Waals surface area contributed by atoms with Gasteiger partial charge >= 0.3 is 5.97 Å². The number of carboxylic acids is 1. The van der Waals surface area contributed by atoms with Crippen molar-refractivity contribution in [1.29, 1.82) is 0 Å². The van der Waals surface area contributed by atoms with E-state index >= 15 is 0 Å². The molecule has 1 aliphatic carbocycles. The van der Waals surface area contributed by atoms with Gasteiger partial charge in [-0.1, -0.05) is 55.1 Å². The number of methoxy groups -OCH3 is 1. The number of anilines is 1. The summed E-state index contributed by atoms with van der Waals surface area (Å²) >= 11 is 7.88. The average molecular weight is 482 g/mol. The zero-order valence-corrected chi connectivity index (χ0v) is 19.8. The van der Waals surface area contributed by atoms with Gasteiger partial charge in [0.05, 0.1) is 17.5 Å². The van der Waals surface area contributed by atoms with Gasteiger partial charge in [-0.2, -0.15) is 0 Å². The predicted octanol–water partition coefficient (Wildman–Crippen LogP) is 6.41. The predicted molar refractivity (Wildman–Crippen MR) is 133 cm³/mol. The minimum absolute atomic E-state index is 0.406. The van der Waals surface area contributed by atoms with E-state index in [1.54, 1.807) is 18.4 Å². The number of hydrogen-bond donors (Lipinski definition) is 2. The molecule has 0 aliphatic heterocycles. The SMILES string of the molecule is COc1ccc(CNc2nc(C3(C(=O)O)CCCCC3)nc3sc4ccccc4c23)cc1Cl. The van der Waals surface area contributed by atoms with Crippen molar-refractivity contribution in [3.8, 4) is 5.75 Å². The van der Waals surface area contributed by atoms with Crippen LogP contribution in [0.1, 0.15) is 43.5 Å². The van der Waals surface area contributed by atoms with Gasteiger partial charge in [-0.3, -0.25) is 4.79 Å². The summed E-state index contributed by atoms with van der Waals surface area (Å²) in [5, 5.41) is 16.2. The second kappa shape index (κ2) is 8.80. The molecule has 0 saturated heterocycles. The van der Waals surface area contributed by atoms with Crippen molar-refractivity contribution in [2.75, 3.05) is 12.4 Å². The molecule has 5 rings (SSSR count). The first-order valence-corrected chi connectivity index (χ1v) is 12.2. The van der Waals surface area contributed by atoms with E-state index in [1.165, 1.54) is 0 Å². The zero-order chi connectivity index (χ0) is 23.0. The van der Waals surface area contributed by atoms with E-state index in [4.69, 9.17) is 26.3 Å². The van der Waals surface area contributed by atoms with E-state index in [-0.39, 0.29) is 0 Å². The van der Waals surface area contributed by atoms with Crippen LogP contribution in [0.2, 0.25) is 5.02 Å². The number of ether oxygens (including phenoxy) is 1. The van der Waals surface area contributed by atoms with Gasteiger partial charge in [0, 0.05) is 16.6 Å². The zero-order valence-electron chi connectivity index (χ0n) is 18.2. The molecule has 8 heteroatoms. The van der Waals surface area contributed by atoms with Gasteiger partial charge in [-0.05, 0) is 36.6 Å². The molecule has 0 spiro atoms. The Kier molecular flexibility index (Phi) is 5.85. The molecule has 2 aromatic carbocycles. The van der Waals surface area contributed by atoms with Crippen LogP contribution in [0.25, 0.3) is 20.3 Å². The van der Waals surface area contributed by atoms with Gasteiger partial charge in [0.2, 0.25) is 0 Å². The molecular weight excluding hydrogens is 458 g/mol. The number of benzene rings is 2. The number of nitrogens with zero attached hydrogens (tertiary/aromatic N) is 2. The number of hydrogen-bond acceptors (Lipinski definition) is 6. The number of rotatable bonds is 6. The standard InChI is InChI=1S/C25H24ClN3O3S/c1-32-18-10-9-15(13-17(18)26)14-27-21-20-16-7-3-4-8-19(16)33-22(20)29-23(28-21)25(24(30)31)11-5-2-6-12-25/h3-4,7-10,13H,2,5-6,11-12,14H2,1H3,(H,30,31)(H,27,28,29). The molecular formula is C25H24ClN3O3S. The summed E-state index contributed by atoms with van der Waals surface area (Å²) in [5.41, 5.74) is -0.0677. The number of halogens is 1. The summed E-state index contributed by atoms with van der Waals surface area (Å²) in [6, 6.07) is 13.7. The number of aliphatic carboxylic acids is 1. The van der Waals surface area contributed by atoms with Crippen molar-refractivity contribution in [2.45, 2.75) is 44.1 Å². The van der Waals surface area contributed by atoms with Crippen molar-refractivity contribution in [1.82, 2.24) is 9.97 Å². The van der Waals surface area contributed by atoms with Gasteiger partial charge < -0.3 is 15.2 Å². The second-order valence-corrected chi connectivity index (χ2v) is 9.88. The van der Waals surface area contributed by atoms with Crippen molar-refractivity contribution >= 4 is 55.0 Å². The largest absolute Gasteiger partial charge is 0.495 e. The molecule has 4 aromatic rings. The highest BCUT2D eigenvalue weighted by Gasteiger charge is 2.44. The van der Waals surface area contributed by atoms with Crippen LogP contribution < -0.4 is 10.1 Å². The Morgan fingerprint density at radius 1 is 1.18 bits per heavy atom. The third-order valence-corrected chi connectivity index (χ3v) is 7.82. The fourth-order valence-electron chi connectivity index (χ4n) is 4.66. The lowest BCUT2D eigenvalue weighted by Crippen LogP contribution is -2.39. The Labute approximate surface area is 200 Å². The lowest BCUT2D eigenvalue weighted by Gasteiger charge is -2.31. The average Bonchev–Trinajstić information content (AvgIpc) is 3.21. The Morgan fingerprint density at radius 3 is 2.70 bits per heavy atom. The van der Waals surface area contributed by atoms with Crippen LogP contribution in [0.5, 0.6) is 5.75 Å². The maximum Gasteiger partial charge on any atom is 0.317 e. The van der Waals surface area contributed by atoms with E-state index in [1.807, 2.05) is 30.3 Å². The third kappa shape index (κ3) is 3.89. The van der Waals surface area contributed by atoms with Gasteiger partial charge in [0.1, 0.15) is 27.6 Å². The number of nitrogens with one attached hydrogen (secondary N) is 1. The van der Waals surface area contributed by atoms with Crippen molar-refractivity contribution in [3.63, 3.8) is 0 Å². The van der Waals surface area contributed by atoms with Crippen LogP contribution in [0.3, 0.4) is 0 Å². The summed E-state index contributed by atoms with van der Waals surface area (Å²) in [6.07, 6.45) is 3.91. The van der Waals surface area contributed by atoms with E-state index < -0.39 is 11.4 Å². The maximum atomic E-state index is 12.4. The lowest BCUT2D eigenvalue weighted by atomic mass is 9.73. The molecule has 2 N–H and O–H groups in total. The molecule has 6 nitrogen and oxygen atoms in total. The Balaban J connectivity index is 1.62. The number of thiophene rings is 1. The topological polar surface area (TPSA) is 84.3 Å². The Morgan fingerprint density at radius 2 is 1.97 bits per heavy atom. The molecule has 0 bridgehead atoms. The van der Waals surface area contributed by atoms with Gasteiger partial charge in [-0.15, -0.1) is 11.3 Å². The Hall–Kier alpha value is -2.90. The number of carbonyl (C=O) groups is 1. The van der Waals surface area contributed by atoms with Crippen LogP contribution in [-0.2, 0) is 16.8 Å². The minimum Gasteiger partial charge on any atom is -0.495 e. The summed E-state index contributed by atoms with van der Waals surface area (Å²) in [4.78, 5) is 22.9. The van der Waals surface area contributed by atoms with E-state index in [2.05, 4.69) is 17.4 Å². The third-order valence-electron chi connectivity index (χ3n) is 6.46. The first kappa shape index (κ1) is 21.9. The van der Waals surface area contributed by atoms with Crippen LogP contribution >= 0.6 is 22.9 Å². The summed E-state index contributed by atoms with van der Waals surface area (Å²) in [7, 11) is 1.59. The molecule has 33 heavy (non-hydrogen) atoms. The van der Waals surface area contributed by atoms with E-state index in [0.29, 0.717) is 41.8 Å². The number of fused-ring (bicyclic) bond motifs is 3. The van der Waals surface area contributed by atoms with Crippen LogP contribution in [0, 0.1) is 0 Å². The number of carboxylic acid groups (broad SMARTS) is 1.